The fraction of sp³-hybridized carbons (Fsp3) is 0.750. The van der Waals surface area contributed by atoms with E-state index in [4.69, 9.17) is 4.74 Å². The molecule has 1 saturated carbocycles. The summed E-state index contributed by atoms with van der Waals surface area (Å²) in [5.41, 5.74) is 1.03. The monoisotopic (exact) mass is 210 g/mol. The van der Waals surface area contributed by atoms with Gasteiger partial charge in [0.05, 0.1) is 12.7 Å². The van der Waals surface area contributed by atoms with Crippen molar-refractivity contribution in [3.8, 4) is 0 Å². The third-order valence-corrected chi connectivity index (χ3v) is 3.46. The smallest absolute Gasteiger partial charge is 0.330 e. The molecule has 0 aromatic carbocycles. The summed E-state index contributed by atoms with van der Waals surface area (Å²) < 4.78 is 10.6. The molecule has 1 aliphatic carbocycles. The van der Waals surface area contributed by atoms with Gasteiger partial charge in [0.2, 0.25) is 0 Å². The molecule has 2 fully saturated rings. The highest BCUT2D eigenvalue weighted by atomic mass is 16.5. The molecule has 1 heterocycles. The van der Waals surface area contributed by atoms with Gasteiger partial charge in [-0.2, -0.15) is 0 Å². The second kappa shape index (κ2) is 4.35. The molecule has 0 aromatic rings. The molecule has 1 unspecified atom stereocenters. The number of hydrogen-bond acceptors (Lipinski definition) is 3. The van der Waals surface area contributed by atoms with Crippen molar-refractivity contribution >= 4 is 5.97 Å². The van der Waals surface area contributed by atoms with Gasteiger partial charge in [0.25, 0.3) is 0 Å². The topological polar surface area (TPSA) is 35.5 Å². The first-order valence-electron chi connectivity index (χ1n) is 5.70. The highest BCUT2D eigenvalue weighted by Gasteiger charge is 2.40. The molecular formula is C12H18O3. The molecule has 1 aliphatic heterocycles. The Bertz CT molecular complexity index is 275. The average Bonchev–Trinajstić information content (AvgIpc) is 2.63. The molecule has 84 valence electrons. The second-order valence-electron chi connectivity index (χ2n) is 4.35. The van der Waals surface area contributed by atoms with E-state index in [2.05, 4.69) is 4.74 Å². The predicted octanol–water partition coefficient (Wildman–Crippen LogP) is 2.21. The Morgan fingerprint density at radius 3 is 2.87 bits per heavy atom. The summed E-state index contributed by atoms with van der Waals surface area (Å²) in [5, 5.41) is 0. The minimum Gasteiger partial charge on any atom is -0.466 e. The molecule has 3 nitrogen and oxygen atoms in total. The number of hydrogen-bond donors (Lipinski definition) is 0. The average molecular weight is 210 g/mol. The van der Waals surface area contributed by atoms with Crippen LogP contribution in [0.2, 0.25) is 0 Å². The van der Waals surface area contributed by atoms with Crippen LogP contribution in [0.15, 0.2) is 11.6 Å². The molecule has 0 N–H and O–H groups in total. The maximum absolute atomic E-state index is 11.2. The fourth-order valence-corrected chi connectivity index (χ4v) is 2.66. The molecule has 2 rings (SSSR count). The number of carbonyl (C=O) groups is 1. The molecule has 0 bridgehead atoms. The summed E-state index contributed by atoms with van der Waals surface area (Å²) in [5.74, 6) is -0.250. The van der Waals surface area contributed by atoms with Crippen LogP contribution >= 0.6 is 0 Å². The highest BCUT2D eigenvalue weighted by molar-refractivity contribution is 5.83. The van der Waals surface area contributed by atoms with Crippen molar-refractivity contribution in [2.75, 3.05) is 13.7 Å². The van der Waals surface area contributed by atoms with Crippen LogP contribution in [0.4, 0.5) is 0 Å². The molecule has 1 saturated heterocycles. The van der Waals surface area contributed by atoms with Crippen molar-refractivity contribution < 1.29 is 14.3 Å². The zero-order chi connectivity index (χ0) is 10.7. The van der Waals surface area contributed by atoms with Crippen molar-refractivity contribution in [3.63, 3.8) is 0 Å². The first-order chi connectivity index (χ1) is 7.27. The first kappa shape index (κ1) is 10.7. The Balaban J connectivity index is 2.16. The van der Waals surface area contributed by atoms with Crippen LogP contribution in [0.25, 0.3) is 0 Å². The van der Waals surface area contributed by atoms with E-state index in [1.54, 1.807) is 6.08 Å². The third-order valence-electron chi connectivity index (χ3n) is 3.46. The van der Waals surface area contributed by atoms with Crippen LogP contribution in [-0.2, 0) is 14.3 Å². The van der Waals surface area contributed by atoms with Gasteiger partial charge in [-0.3, -0.25) is 0 Å². The molecule has 15 heavy (non-hydrogen) atoms. The zero-order valence-electron chi connectivity index (χ0n) is 9.25. The van der Waals surface area contributed by atoms with E-state index in [1.165, 1.54) is 13.5 Å². The third kappa shape index (κ3) is 2.07. The fourth-order valence-electron chi connectivity index (χ4n) is 2.66. The molecule has 0 aromatic heterocycles. The Labute approximate surface area is 90.4 Å². The van der Waals surface area contributed by atoms with Crippen LogP contribution in [-0.4, -0.2) is 25.3 Å². The summed E-state index contributed by atoms with van der Waals surface area (Å²) in [7, 11) is 1.42. The van der Waals surface area contributed by atoms with Crippen LogP contribution in [0, 0.1) is 0 Å². The van der Waals surface area contributed by atoms with Gasteiger partial charge in [-0.1, -0.05) is 0 Å². The number of ether oxygens (including phenoxy) is 2. The van der Waals surface area contributed by atoms with Crippen molar-refractivity contribution in [2.45, 2.75) is 44.1 Å². The number of carbonyl (C=O) groups excluding carboxylic acids is 1. The van der Waals surface area contributed by atoms with E-state index in [9.17, 15) is 4.79 Å². The molecular weight excluding hydrogens is 192 g/mol. The zero-order valence-corrected chi connectivity index (χ0v) is 9.25. The SMILES string of the molecule is COC(=O)/C=C1/CCCC12CCCCO2. The summed E-state index contributed by atoms with van der Waals surface area (Å²) in [6.45, 7) is 0.832. The van der Waals surface area contributed by atoms with Crippen molar-refractivity contribution in [2.24, 2.45) is 0 Å². The summed E-state index contributed by atoms with van der Waals surface area (Å²) >= 11 is 0. The summed E-state index contributed by atoms with van der Waals surface area (Å²) in [6, 6.07) is 0. The Kier molecular flexibility index (Phi) is 3.10. The van der Waals surface area contributed by atoms with Crippen LogP contribution in [0.5, 0.6) is 0 Å². The lowest BCUT2D eigenvalue weighted by Crippen LogP contribution is -2.35. The minimum absolute atomic E-state index is 0.119. The maximum Gasteiger partial charge on any atom is 0.330 e. The van der Waals surface area contributed by atoms with E-state index in [1.807, 2.05) is 0 Å². The quantitative estimate of drug-likeness (QED) is 0.491. The van der Waals surface area contributed by atoms with Gasteiger partial charge in [0.15, 0.2) is 0 Å². The molecule has 0 radical (unpaired) electrons. The molecule has 3 heteroatoms. The summed E-state index contributed by atoms with van der Waals surface area (Å²) in [6.07, 6.45) is 8.23. The van der Waals surface area contributed by atoms with Crippen molar-refractivity contribution in [1.82, 2.24) is 0 Å². The first-order valence-corrected chi connectivity index (χ1v) is 5.70. The molecule has 2 aliphatic rings. The highest BCUT2D eigenvalue weighted by Crippen LogP contribution is 2.44. The van der Waals surface area contributed by atoms with E-state index in [0.29, 0.717) is 0 Å². The van der Waals surface area contributed by atoms with E-state index in [-0.39, 0.29) is 11.6 Å². The van der Waals surface area contributed by atoms with Gasteiger partial charge in [-0.15, -0.1) is 0 Å². The van der Waals surface area contributed by atoms with Crippen LogP contribution < -0.4 is 0 Å². The molecule has 0 amide bonds. The molecule has 1 atom stereocenters. The number of methoxy groups -OCH3 is 1. The normalized spacial score (nSPS) is 33.5. The maximum atomic E-state index is 11.2. The Morgan fingerprint density at radius 1 is 1.40 bits per heavy atom. The largest absolute Gasteiger partial charge is 0.466 e. The minimum atomic E-state index is -0.250. The Morgan fingerprint density at radius 2 is 2.20 bits per heavy atom. The lowest BCUT2D eigenvalue weighted by atomic mass is 9.88. The van der Waals surface area contributed by atoms with E-state index in [0.717, 1.165) is 44.3 Å². The lowest BCUT2D eigenvalue weighted by Gasteiger charge is -2.35. The van der Waals surface area contributed by atoms with Crippen molar-refractivity contribution in [3.05, 3.63) is 11.6 Å². The standard InChI is InChI=1S/C12H18O3/c1-14-11(13)9-10-5-4-7-12(10)6-2-3-8-15-12/h9H,2-8H2,1H3/b10-9-. The van der Waals surface area contributed by atoms with E-state index < -0.39 is 0 Å². The van der Waals surface area contributed by atoms with Gasteiger partial charge in [-0.05, 0) is 44.1 Å². The molecule has 1 spiro atoms. The van der Waals surface area contributed by atoms with Crippen LogP contribution in [0.3, 0.4) is 0 Å². The van der Waals surface area contributed by atoms with Gasteiger partial charge in [0.1, 0.15) is 0 Å². The predicted molar refractivity (Wildman–Crippen MR) is 56.5 cm³/mol. The van der Waals surface area contributed by atoms with E-state index >= 15 is 0 Å². The van der Waals surface area contributed by atoms with Crippen molar-refractivity contribution in [1.29, 1.82) is 0 Å². The number of esters is 1. The van der Waals surface area contributed by atoms with Gasteiger partial charge in [0, 0.05) is 12.7 Å². The van der Waals surface area contributed by atoms with Gasteiger partial charge >= 0.3 is 5.97 Å². The summed E-state index contributed by atoms with van der Waals surface area (Å²) in [4.78, 5) is 11.2. The number of rotatable bonds is 1. The lowest BCUT2D eigenvalue weighted by molar-refractivity contribution is -0.135. The Hall–Kier alpha value is -0.830. The van der Waals surface area contributed by atoms with Crippen LogP contribution in [0.1, 0.15) is 38.5 Å². The van der Waals surface area contributed by atoms with Gasteiger partial charge < -0.3 is 9.47 Å². The second-order valence-corrected chi connectivity index (χ2v) is 4.35. The van der Waals surface area contributed by atoms with Gasteiger partial charge in [-0.25, -0.2) is 4.79 Å².